The van der Waals surface area contributed by atoms with Gasteiger partial charge in [-0.2, -0.15) is 0 Å². The summed E-state index contributed by atoms with van der Waals surface area (Å²) < 4.78 is 33.4. The summed E-state index contributed by atoms with van der Waals surface area (Å²) in [5.74, 6) is -2.80. The molecule has 0 heterocycles. The minimum atomic E-state index is -1.27. The van der Waals surface area contributed by atoms with E-state index >= 15 is 0 Å². The largest absolute Gasteiger partial charge is 0.476 e. The molecule has 0 fully saturated rings. The first-order chi connectivity index (χ1) is 21.7. The van der Waals surface area contributed by atoms with Gasteiger partial charge in [0.15, 0.2) is 11.2 Å². The zero-order chi connectivity index (χ0) is 33.8. The second kappa shape index (κ2) is 14.1. The van der Waals surface area contributed by atoms with E-state index in [1.54, 1.807) is 65.8 Å². The minimum absolute atomic E-state index is 0.207. The summed E-state index contributed by atoms with van der Waals surface area (Å²) >= 11 is 0. The summed E-state index contributed by atoms with van der Waals surface area (Å²) in [5.41, 5.74) is 13.1. The average molecular weight is 641 g/mol. The molecule has 0 saturated heterocycles. The SMILES string of the molecule is CCOC(=O)C(C)(C)Oc1ccc2c(c1)C(OC(=O)C(=O)OC1c3cc(OC(C)(C)C(=O)OCC)ccc3CC[C@H]1N)[C@H](N)CC2. The third-order valence-electron chi connectivity index (χ3n) is 8.03. The van der Waals surface area contributed by atoms with Crippen molar-refractivity contribution in [2.75, 3.05) is 13.2 Å². The lowest BCUT2D eigenvalue weighted by atomic mass is 9.86. The predicted molar refractivity (Wildman–Crippen MR) is 166 cm³/mol. The van der Waals surface area contributed by atoms with Crippen LogP contribution in [0.15, 0.2) is 36.4 Å². The van der Waals surface area contributed by atoms with E-state index in [1.807, 2.05) is 12.1 Å². The van der Waals surface area contributed by atoms with Crippen molar-refractivity contribution in [3.8, 4) is 11.5 Å². The number of esters is 4. The van der Waals surface area contributed by atoms with Gasteiger partial charge in [-0.15, -0.1) is 0 Å². The van der Waals surface area contributed by atoms with Crippen LogP contribution in [0.5, 0.6) is 11.5 Å². The molecule has 12 nitrogen and oxygen atoms in total. The van der Waals surface area contributed by atoms with Crippen LogP contribution in [0.1, 0.15) is 88.8 Å². The van der Waals surface area contributed by atoms with Gasteiger partial charge < -0.3 is 39.9 Å². The summed E-state index contributed by atoms with van der Waals surface area (Å²) in [7, 11) is 0. The molecule has 250 valence electrons. The van der Waals surface area contributed by atoms with E-state index in [1.165, 1.54) is 0 Å². The van der Waals surface area contributed by atoms with Crippen molar-refractivity contribution in [1.82, 2.24) is 0 Å². The molecule has 12 heteroatoms. The molecule has 46 heavy (non-hydrogen) atoms. The molecular formula is C34H44N2O10. The lowest BCUT2D eigenvalue weighted by Gasteiger charge is -2.33. The first-order valence-corrected chi connectivity index (χ1v) is 15.6. The van der Waals surface area contributed by atoms with Gasteiger partial charge in [0, 0.05) is 23.2 Å². The van der Waals surface area contributed by atoms with Gasteiger partial charge in [0.05, 0.1) is 13.2 Å². The second-order valence-corrected chi connectivity index (χ2v) is 12.4. The lowest BCUT2D eigenvalue weighted by Crippen LogP contribution is -2.41. The Hall–Kier alpha value is -4.16. The lowest BCUT2D eigenvalue weighted by molar-refractivity contribution is -0.176. The first-order valence-electron chi connectivity index (χ1n) is 15.6. The third kappa shape index (κ3) is 7.79. The highest BCUT2D eigenvalue weighted by Gasteiger charge is 2.38. The van der Waals surface area contributed by atoms with Crippen LogP contribution in [-0.2, 0) is 51.0 Å². The van der Waals surface area contributed by atoms with E-state index in [4.69, 9.17) is 39.9 Å². The van der Waals surface area contributed by atoms with E-state index in [0.717, 1.165) is 11.1 Å². The van der Waals surface area contributed by atoms with Gasteiger partial charge in [-0.1, -0.05) is 12.1 Å². The second-order valence-electron chi connectivity index (χ2n) is 12.4. The molecule has 2 aromatic rings. The number of carbonyl (C=O) groups excluding carboxylic acids is 4. The van der Waals surface area contributed by atoms with Crippen molar-refractivity contribution >= 4 is 23.9 Å². The fourth-order valence-corrected chi connectivity index (χ4v) is 5.58. The third-order valence-corrected chi connectivity index (χ3v) is 8.03. The van der Waals surface area contributed by atoms with Gasteiger partial charge >= 0.3 is 23.9 Å². The van der Waals surface area contributed by atoms with Crippen molar-refractivity contribution in [3.05, 3.63) is 58.7 Å². The molecule has 4 atom stereocenters. The molecular weight excluding hydrogens is 596 g/mol. The van der Waals surface area contributed by atoms with Crippen LogP contribution in [0.4, 0.5) is 0 Å². The molecule has 0 radical (unpaired) electrons. The Morgan fingerprint density at radius 2 is 1.04 bits per heavy atom. The Morgan fingerprint density at radius 3 is 1.39 bits per heavy atom. The van der Waals surface area contributed by atoms with Crippen molar-refractivity contribution in [2.45, 2.75) is 103 Å². The molecule has 0 saturated carbocycles. The van der Waals surface area contributed by atoms with E-state index < -0.39 is 59.4 Å². The van der Waals surface area contributed by atoms with Crippen LogP contribution in [0.3, 0.4) is 0 Å². The van der Waals surface area contributed by atoms with E-state index in [9.17, 15) is 19.2 Å². The zero-order valence-corrected chi connectivity index (χ0v) is 27.3. The fourth-order valence-electron chi connectivity index (χ4n) is 5.58. The number of nitrogens with two attached hydrogens (primary N) is 2. The van der Waals surface area contributed by atoms with Crippen LogP contribution in [0.25, 0.3) is 0 Å². The van der Waals surface area contributed by atoms with Crippen LogP contribution >= 0.6 is 0 Å². The molecule has 0 bridgehead atoms. The van der Waals surface area contributed by atoms with Crippen LogP contribution in [0, 0.1) is 0 Å². The molecule has 0 spiro atoms. The standard InChI is InChI=1S/C34H44N2O10/c1-7-41-31(39)33(3,4)45-21-13-9-19-11-15-25(35)27(23(19)17-21)43-29(37)30(38)44-28-24-18-22(14-10-20(24)12-16-26(28)36)46-34(5,6)32(40)42-8-2/h9-10,13-14,17-18,25-28H,7-8,11-12,15-16,35-36H2,1-6H3/t25-,26-,27?,28?/m1/s1. The maximum atomic E-state index is 13.2. The van der Waals surface area contributed by atoms with Crippen molar-refractivity contribution in [2.24, 2.45) is 11.5 Å². The van der Waals surface area contributed by atoms with Crippen LogP contribution in [-0.4, -0.2) is 60.4 Å². The molecule has 2 aliphatic rings. The number of aryl methyl sites for hydroxylation is 2. The topological polar surface area (TPSA) is 176 Å². The summed E-state index contributed by atoms with van der Waals surface area (Å²) in [6.07, 6.45) is 0.357. The smallest absolute Gasteiger partial charge is 0.418 e. The van der Waals surface area contributed by atoms with Crippen LogP contribution < -0.4 is 20.9 Å². The Morgan fingerprint density at radius 1 is 0.674 bits per heavy atom. The quantitative estimate of drug-likeness (QED) is 0.220. The van der Waals surface area contributed by atoms with Gasteiger partial charge in [-0.3, -0.25) is 0 Å². The van der Waals surface area contributed by atoms with Gasteiger partial charge in [0.2, 0.25) is 0 Å². The highest BCUT2D eigenvalue weighted by atomic mass is 16.6. The van der Waals surface area contributed by atoms with Crippen molar-refractivity contribution < 1.29 is 47.6 Å². The van der Waals surface area contributed by atoms with Gasteiger partial charge in [-0.05, 0) is 103 Å². The van der Waals surface area contributed by atoms with Crippen molar-refractivity contribution in [1.29, 1.82) is 0 Å². The van der Waals surface area contributed by atoms with Crippen LogP contribution in [0.2, 0.25) is 0 Å². The van der Waals surface area contributed by atoms with Gasteiger partial charge in [0.25, 0.3) is 0 Å². The first kappa shape index (κ1) is 34.7. The zero-order valence-electron chi connectivity index (χ0n) is 27.3. The average Bonchev–Trinajstić information content (AvgIpc) is 2.99. The number of rotatable bonds is 10. The fraction of sp³-hybridized carbons (Fsp3) is 0.529. The van der Waals surface area contributed by atoms with E-state index in [-0.39, 0.29) is 13.2 Å². The highest BCUT2D eigenvalue weighted by molar-refractivity contribution is 6.29. The molecule has 2 aliphatic carbocycles. The molecule has 4 rings (SSSR count). The maximum Gasteiger partial charge on any atom is 0.418 e. The van der Waals surface area contributed by atoms with Gasteiger partial charge in [0.1, 0.15) is 23.7 Å². The number of hydrogen-bond acceptors (Lipinski definition) is 12. The molecule has 4 N–H and O–H groups in total. The highest BCUT2D eigenvalue weighted by Crippen LogP contribution is 2.38. The number of benzene rings is 2. The number of carbonyl (C=O) groups is 4. The Balaban J connectivity index is 1.51. The Bertz CT molecular complexity index is 1360. The summed E-state index contributed by atoms with van der Waals surface area (Å²) in [4.78, 5) is 51.1. The number of ether oxygens (including phenoxy) is 6. The van der Waals surface area contributed by atoms with Gasteiger partial charge in [-0.25, -0.2) is 19.2 Å². The van der Waals surface area contributed by atoms with E-state index in [0.29, 0.717) is 48.3 Å². The molecule has 2 aromatic carbocycles. The number of hydrogen-bond donors (Lipinski definition) is 2. The molecule has 2 unspecified atom stereocenters. The van der Waals surface area contributed by atoms with Crippen molar-refractivity contribution in [3.63, 3.8) is 0 Å². The normalized spacial score (nSPS) is 20.8. The predicted octanol–water partition coefficient (Wildman–Crippen LogP) is 3.54. The Kier molecular flexibility index (Phi) is 10.6. The monoisotopic (exact) mass is 640 g/mol. The minimum Gasteiger partial charge on any atom is -0.476 e. The molecule has 0 aliphatic heterocycles. The number of fused-ring (bicyclic) bond motifs is 2. The maximum absolute atomic E-state index is 13.2. The Labute approximate surface area is 269 Å². The van der Waals surface area contributed by atoms with E-state index in [2.05, 4.69) is 0 Å². The molecule has 0 amide bonds. The summed E-state index contributed by atoms with van der Waals surface area (Å²) in [5, 5.41) is 0. The summed E-state index contributed by atoms with van der Waals surface area (Å²) in [6.45, 7) is 10.2. The molecule has 0 aromatic heterocycles. The summed E-state index contributed by atoms with van der Waals surface area (Å²) in [6, 6.07) is 9.19.